The predicted octanol–water partition coefficient (Wildman–Crippen LogP) is 1.08. The van der Waals surface area contributed by atoms with Crippen molar-refractivity contribution in [3.05, 3.63) is 64.6 Å². The minimum Gasteiger partial charge on any atom is -0.346 e. The van der Waals surface area contributed by atoms with Gasteiger partial charge in [0.05, 0.1) is 23.4 Å². The molecule has 7 nitrogen and oxygen atoms in total. The predicted molar refractivity (Wildman–Crippen MR) is 85.0 cm³/mol. The van der Waals surface area contributed by atoms with Gasteiger partial charge in [-0.3, -0.25) is 14.2 Å². The first-order valence-electron chi connectivity index (χ1n) is 7.31. The van der Waals surface area contributed by atoms with Crippen molar-refractivity contribution in [1.82, 2.24) is 24.5 Å². The van der Waals surface area contributed by atoms with Crippen LogP contribution in [0, 0.1) is 6.92 Å². The van der Waals surface area contributed by atoms with Crippen LogP contribution in [0.25, 0.3) is 5.52 Å². The van der Waals surface area contributed by atoms with Crippen LogP contribution in [0.4, 0.5) is 0 Å². The van der Waals surface area contributed by atoms with E-state index in [0.717, 1.165) is 16.1 Å². The average Bonchev–Trinajstić information content (AvgIpc) is 2.93. The molecule has 0 aliphatic carbocycles. The summed E-state index contributed by atoms with van der Waals surface area (Å²) in [5.74, 6) is -0.290. The lowest BCUT2D eigenvalue weighted by molar-refractivity contribution is -0.122. The van der Waals surface area contributed by atoms with Crippen molar-refractivity contribution < 1.29 is 4.79 Å². The molecule has 1 N–H and O–H groups in total. The number of nitrogens with zero attached hydrogens (tertiary/aromatic N) is 4. The molecule has 0 aliphatic rings. The van der Waals surface area contributed by atoms with Gasteiger partial charge in [0.25, 0.3) is 0 Å². The normalized spacial score (nSPS) is 12.3. The van der Waals surface area contributed by atoms with E-state index in [-0.39, 0.29) is 24.2 Å². The van der Waals surface area contributed by atoms with Crippen LogP contribution >= 0.6 is 0 Å². The van der Waals surface area contributed by atoms with E-state index in [2.05, 4.69) is 15.4 Å². The van der Waals surface area contributed by atoms with Crippen LogP contribution in [0.2, 0.25) is 0 Å². The standard InChI is InChI=1S/C16H17N5O2/c1-11-6-7-13-9-18-20(16(23)21(11)13)10-15(22)19-12(2)14-5-3-4-8-17-14/h3-9,12H,10H2,1-2H3,(H,19,22)/t12-/m0/s1. The third-order valence-electron chi connectivity index (χ3n) is 3.65. The molecule has 0 saturated carbocycles. The first kappa shape index (κ1) is 15.0. The summed E-state index contributed by atoms with van der Waals surface area (Å²) in [4.78, 5) is 28.7. The Hall–Kier alpha value is -2.96. The lowest BCUT2D eigenvalue weighted by Gasteiger charge is -2.13. The fourth-order valence-electron chi connectivity index (χ4n) is 2.45. The number of nitrogens with one attached hydrogen (secondary N) is 1. The van der Waals surface area contributed by atoms with E-state index in [9.17, 15) is 9.59 Å². The largest absolute Gasteiger partial charge is 0.349 e. The fraction of sp³-hybridized carbons (Fsp3) is 0.250. The number of fused-ring (bicyclic) bond motifs is 1. The Morgan fingerprint density at radius 2 is 2.13 bits per heavy atom. The molecular weight excluding hydrogens is 294 g/mol. The molecule has 0 unspecified atom stereocenters. The molecule has 0 fully saturated rings. The molecule has 0 radical (unpaired) electrons. The molecule has 0 bridgehead atoms. The van der Waals surface area contributed by atoms with E-state index in [1.807, 2.05) is 44.2 Å². The van der Waals surface area contributed by atoms with Crippen molar-refractivity contribution in [2.75, 3.05) is 0 Å². The van der Waals surface area contributed by atoms with Crippen molar-refractivity contribution in [2.45, 2.75) is 26.4 Å². The second-order valence-corrected chi connectivity index (χ2v) is 5.36. The van der Waals surface area contributed by atoms with Gasteiger partial charge in [-0.2, -0.15) is 5.10 Å². The quantitative estimate of drug-likeness (QED) is 0.781. The third-order valence-corrected chi connectivity index (χ3v) is 3.65. The van der Waals surface area contributed by atoms with Crippen molar-refractivity contribution in [2.24, 2.45) is 0 Å². The van der Waals surface area contributed by atoms with E-state index in [1.54, 1.807) is 12.4 Å². The lowest BCUT2D eigenvalue weighted by atomic mass is 10.2. The van der Waals surface area contributed by atoms with Crippen molar-refractivity contribution in [3.8, 4) is 0 Å². The van der Waals surface area contributed by atoms with Crippen LogP contribution in [0.1, 0.15) is 24.4 Å². The molecule has 1 atom stereocenters. The highest BCUT2D eigenvalue weighted by Crippen LogP contribution is 2.07. The van der Waals surface area contributed by atoms with E-state index >= 15 is 0 Å². The number of hydrogen-bond acceptors (Lipinski definition) is 4. The molecule has 23 heavy (non-hydrogen) atoms. The summed E-state index contributed by atoms with van der Waals surface area (Å²) >= 11 is 0. The maximum absolute atomic E-state index is 12.4. The third kappa shape index (κ3) is 2.98. The topological polar surface area (TPSA) is 81.3 Å². The van der Waals surface area contributed by atoms with E-state index in [1.165, 1.54) is 4.40 Å². The Balaban J connectivity index is 1.77. The second kappa shape index (κ2) is 6.04. The van der Waals surface area contributed by atoms with Crippen molar-refractivity contribution in [1.29, 1.82) is 0 Å². The maximum Gasteiger partial charge on any atom is 0.349 e. The molecule has 7 heteroatoms. The number of amides is 1. The Bertz CT molecular complexity index is 898. The van der Waals surface area contributed by atoms with Crippen molar-refractivity contribution >= 4 is 11.4 Å². The van der Waals surface area contributed by atoms with Gasteiger partial charge in [0.1, 0.15) is 6.54 Å². The summed E-state index contributed by atoms with van der Waals surface area (Å²) in [6.07, 6.45) is 3.25. The van der Waals surface area contributed by atoms with Crippen LogP contribution in [-0.2, 0) is 11.3 Å². The number of rotatable bonds is 4. The summed E-state index contributed by atoms with van der Waals surface area (Å²) in [6.45, 7) is 3.54. The lowest BCUT2D eigenvalue weighted by Crippen LogP contribution is -2.37. The van der Waals surface area contributed by atoms with Gasteiger partial charge >= 0.3 is 5.69 Å². The zero-order chi connectivity index (χ0) is 16.4. The first-order chi connectivity index (χ1) is 11.1. The van der Waals surface area contributed by atoms with Crippen LogP contribution in [-0.4, -0.2) is 25.1 Å². The van der Waals surface area contributed by atoms with Gasteiger partial charge in [-0.05, 0) is 38.1 Å². The van der Waals surface area contributed by atoms with Crippen LogP contribution in [0.3, 0.4) is 0 Å². The zero-order valence-electron chi connectivity index (χ0n) is 12.9. The number of aryl methyl sites for hydroxylation is 1. The highest BCUT2D eigenvalue weighted by Gasteiger charge is 2.13. The molecular formula is C16H17N5O2. The molecule has 3 aromatic rings. The number of hydrogen-bond donors (Lipinski definition) is 1. The summed E-state index contributed by atoms with van der Waals surface area (Å²) in [5, 5.41) is 6.86. The number of pyridine rings is 1. The van der Waals surface area contributed by atoms with Crippen LogP contribution in [0.15, 0.2) is 47.5 Å². The molecule has 1 amide bonds. The van der Waals surface area contributed by atoms with Crippen molar-refractivity contribution in [3.63, 3.8) is 0 Å². The molecule has 3 aromatic heterocycles. The monoisotopic (exact) mass is 311 g/mol. The Labute approximate surface area is 132 Å². The van der Waals surface area contributed by atoms with Crippen LogP contribution in [0.5, 0.6) is 0 Å². The van der Waals surface area contributed by atoms with E-state index in [0.29, 0.717) is 5.52 Å². The summed E-state index contributed by atoms with van der Waals surface area (Å²) in [6, 6.07) is 8.93. The maximum atomic E-state index is 12.4. The van der Waals surface area contributed by atoms with Gasteiger partial charge in [-0.15, -0.1) is 0 Å². The van der Waals surface area contributed by atoms with Crippen LogP contribution < -0.4 is 11.0 Å². The van der Waals surface area contributed by atoms with Gasteiger partial charge in [0.15, 0.2) is 0 Å². The highest BCUT2D eigenvalue weighted by molar-refractivity contribution is 5.76. The van der Waals surface area contributed by atoms with Gasteiger partial charge < -0.3 is 5.32 Å². The van der Waals surface area contributed by atoms with E-state index < -0.39 is 0 Å². The van der Waals surface area contributed by atoms with Gasteiger partial charge in [0, 0.05) is 11.9 Å². The Kier molecular flexibility index (Phi) is 3.92. The smallest absolute Gasteiger partial charge is 0.346 e. The molecule has 118 valence electrons. The zero-order valence-corrected chi connectivity index (χ0v) is 12.9. The Morgan fingerprint density at radius 3 is 2.87 bits per heavy atom. The summed E-state index contributed by atoms with van der Waals surface area (Å²) < 4.78 is 2.68. The summed E-state index contributed by atoms with van der Waals surface area (Å²) in [5.41, 5.74) is 1.96. The SMILES string of the molecule is Cc1ccc2cnn(CC(=O)N[C@@H](C)c3ccccn3)c(=O)n12. The number of aromatic nitrogens is 4. The first-order valence-corrected chi connectivity index (χ1v) is 7.31. The highest BCUT2D eigenvalue weighted by atomic mass is 16.2. The molecule has 3 rings (SSSR count). The van der Waals surface area contributed by atoms with Gasteiger partial charge in [0.2, 0.25) is 5.91 Å². The Morgan fingerprint density at radius 1 is 1.30 bits per heavy atom. The van der Waals surface area contributed by atoms with Gasteiger partial charge in [-0.25, -0.2) is 9.48 Å². The molecule has 0 saturated heterocycles. The molecule has 3 heterocycles. The fourth-order valence-corrected chi connectivity index (χ4v) is 2.45. The second-order valence-electron chi connectivity index (χ2n) is 5.36. The van der Waals surface area contributed by atoms with E-state index in [4.69, 9.17) is 0 Å². The average molecular weight is 311 g/mol. The molecule has 0 aromatic carbocycles. The number of carbonyl (C=O) groups excluding carboxylic acids is 1. The molecule has 0 spiro atoms. The molecule has 0 aliphatic heterocycles. The number of carbonyl (C=O) groups is 1. The minimum absolute atomic E-state index is 0.135. The summed E-state index contributed by atoms with van der Waals surface area (Å²) in [7, 11) is 0. The minimum atomic E-state index is -0.328. The van der Waals surface area contributed by atoms with Gasteiger partial charge in [-0.1, -0.05) is 6.07 Å².